The number of ether oxygens (including phenoxy) is 1. The van der Waals surface area contributed by atoms with E-state index in [1.54, 1.807) is 6.07 Å². The molecular weight excluding hydrogens is 265 g/mol. The van der Waals surface area contributed by atoms with Crippen molar-refractivity contribution in [2.24, 2.45) is 0 Å². The number of hydrogen-bond acceptors (Lipinski definition) is 2. The van der Waals surface area contributed by atoms with Gasteiger partial charge in [-0.15, -0.1) is 0 Å². The summed E-state index contributed by atoms with van der Waals surface area (Å²) in [6.07, 6.45) is 3.37. The number of rotatable bonds is 4. The highest BCUT2D eigenvalue weighted by atomic mass is 19.1. The topological polar surface area (TPSA) is 21.3 Å². The van der Waals surface area contributed by atoms with E-state index in [9.17, 15) is 4.39 Å². The van der Waals surface area contributed by atoms with Gasteiger partial charge in [0.2, 0.25) is 0 Å². The van der Waals surface area contributed by atoms with Crippen LogP contribution in [0.15, 0.2) is 36.4 Å². The van der Waals surface area contributed by atoms with E-state index < -0.39 is 0 Å². The van der Waals surface area contributed by atoms with Crippen molar-refractivity contribution in [3.8, 4) is 16.9 Å². The summed E-state index contributed by atoms with van der Waals surface area (Å²) in [5.41, 5.74) is 3.83. The lowest BCUT2D eigenvalue weighted by atomic mass is 10.00. The zero-order chi connectivity index (χ0) is 14.2. The molecular formula is C18H18FNO. The van der Waals surface area contributed by atoms with Crippen LogP contribution in [0.25, 0.3) is 11.1 Å². The molecule has 0 saturated heterocycles. The van der Waals surface area contributed by atoms with Gasteiger partial charge in [0, 0.05) is 30.1 Å². The smallest absolute Gasteiger partial charge is 0.130 e. The van der Waals surface area contributed by atoms with Gasteiger partial charge in [-0.2, -0.15) is 0 Å². The highest BCUT2D eigenvalue weighted by Gasteiger charge is 2.21. The van der Waals surface area contributed by atoms with Gasteiger partial charge in [0.25, 0.3) is 0 Å². The predicted octanol–water partition coefficient (Wildman–Crippen LogP) is 3.68. The van der Waals surface area contributed by atoms with Crippen LogP contribution in [0.1, 0.15) is 24.0 Å². The quantitative estimate of drug-likeness (QED) is 0.924. The van der Waals surface area contributed by atoms with Crippen LogP contribution in [0.4, 0.5) is 4.39 Å². The molecule has 1 aliphatic carbocycles. The van der Waals surface area contributed by atoms with Crippen molar-refractivity contribution in [1.82, 2.24) is 5.32 Å². The third-order valence-electron chi connectivity index (χ3n) is 4.24. The standard InChI is InChI=1S/C18H18FNO/c19-17-10-13(4-5-14(17)11-20-15-6-7-15)16-3-1-2-12-8-9-21-18(12)16/h1-5,10,15,20H,6-9,11H2. The van der Waals surface area contributed by atoms with E-state index in [-0.39, 0.29) is 5.82 Å². The number of halogens is 1. The Morgan fingerprint density at radius 1 is 1.19 bits per heavy atom. The van der Waals surface area contributed by atoms with Crippen LogP contribution in [-0.2, 0) is 13.0 Å². The summed E-state index contributed by atoms with van der Waals surface area (Å²) in [6, 6.07) is 12.2. The van der Waals surface area contributed by atoms with Crippen LogP contribution >= 0.6 is 0 Å². The number of nitrogens with one attached hydrogen (secondary N) is 1. The number of hydrogen-bond donors (Lipinski definition) is 1. The second-order valence-corrected chi connectivity index (χ2v) is 5.85. The fourth-order valence-electron chi connectivity index (χ4n) is 2.84. The summed E-state index contributed by atoms with van der Waals surface area (Å²) >= 11 is 0. The van der Waals surface area contributed by atoms with Crippen LogP contribution < -0.4 is 10.1 Å². The van der Waals surface area contributed by atoms with Gasteiger partial charge in [0.15, 0.2) is 0 Å². The van der Waals surface area contributed by atoms with Crippen LogP contribution in [-0.4, -0.2) is 12.6 Å². The normalized spacial score (nSPS) is 16.6. The third kappa shape index (κ3) is 2.54. The van der Waals surface area contributed by atoms with Crippen molar-refractivity contribution < 1.29 is 9.13 Å². The van der Waals surface area contributed by atoms with Crippen LogP contribution in [0.2, 0.25) is 0 Å². The summed E-state index contributed by atoms with van der Waals surface area (Å²) in [4.78, 5) is 0. The summed E-state index contributed by atoms with van der Waals surface area (Å²) < 4.78 is 20.0. The molecule has 1 heterocycles. The Labute approximate surface area is 123 Å². The first-order valence-corrected chi connectivity index (χ1v) is 7.58. The molecule has 108 valence electrons. The van der Waals surface area contributed by atoms with E-state index >= 15 is 0 Å². The molecule has 0 spiro atoms. The van der Waals surface area contributed by atoms with Gasteiger partial charge in [0.05, 0.1) is 6.61 Å². The molecule has 21 heavy (non-hydrogen) atoms. The van der Waals surface area contributed by atoms with Crippen molar-refractivity contribution in [2.75, 3.05) is 6.61 Å². The first kappa shape index (κ1) is 12.8. The SMILES string of the molecule is Fc1cc(-c2cccc3c2OCC3)ccc1CNC1CC1. The number of para-hydroxylation sites is 1. The second kappa shape index (κ2) is 5.15. The molecule has 2 nitrogen and oxygen atoms in total. The molecule has 1 N–H and O–H groups in total. The zero-order valence-electron chi connectivity index (χ0n) is 11.9. The van der Waals surface area contributed by atoms with E-state index in [0.29, 0.717) is 12.6 Å². The van der Waals surface area contributed by atoms with Gasteiger partial charge in [-0.3, -0.25) is 0 Å². The van der Waals surface area contributed by atoms with E-state index in [1.807, 2.05) is 24.3 Å². The molecule has 2 aromatic rings. The van der Waals surface area contributed by atoms with Crippen LogP contribution in [0.5, 0.6) is 5.75 Å². The first-order chi connectivity index (χ1) is 10.3. The summed E-state index contributed by atoms with van der Waals surface area (Å²) in [5.74, 6) is 0.775. The minimum atomic E-state index is -0.142. The Bertz CT molecular complexity index is 679. The maximum atomic E-state index is 14.3. The Morgan fingerprint density at radius 2 is 2.10 bits per heavy atom. The lowest BCUT2D eigenvalue weighted by Crippen LogP contribution is -2.16. The summed E-state index contributed by atoms with van der Waals surface area (Å²) in [7, 11) is 0. The molecule has 0 radical (unpaired) electrons. The first-order valence-electron chi connectivity index (χ1n) is 7.58. The fourth-order valence-corrected chi connectivity index (χ4v) is 2.84. The molecule has 3 heteroatoms. The van der Waals surface area contributed by atoms with E-state index in [1.165, 1.54) is 18.4 Å². The molecule has 1 saturated carbocycles. The van der Waals surface area contributed by atoms with E-state index in [4.69, 9.17) is 4.74 Å². The van der Waals surface area contributed by atoms with Gasteiger partial charge in [-0.1, -0.05) is 30.3 Å². The van der Waals surface area contributed by atoms with Gasteiger partial charge >= 0.3 is 0 Å². The molecule has 2 aromatic carbocycles. The van der Waals surface area contributed by atoms with E-state index in [2.05, 4.69) is 11.4 Å². The highest BCUT2D eigenvalue weighted by molar-refractivity contribution is 5.73. The van der Waals surface area contributed by atoms with Crippen LogP contribution in [0, 0.1) is 5.82 Å². The molecule has 0 unspecified atom stereocenters. The summed E-state index contributed by atoms with van der Waals surface area (Å²) in [6.45, 7) is 1.33. The maximum Gasteiger partial charge on any atom is 0.130 e. The molecule has 1 aliphatic heterocycles. The molecule has 0 atom stereocenters. The van der Waals surface area contributed by atoms with Gasteiger partial charge in [0.1, 0.15) is 11.6 Å². The minimum Gasteiger partial charge on any atom is -0.492 e. The average molecular weight is 283 g/mol. The molecule has 4 rings (SSSR count). The molecule has 0 aromatic heterocycles. The predicted molar refractivity (Wildman–Crippen MR) is 80.9 cm³/mol. The van der Waals surface area contributed by atoms with Crippen molar-refractivity contribution in [3.05, 3.63) is 53.3 Å². The number of fused-ring (bicyclic) bond motifs is 1. The largest absolute Gasteiger partial charge is 0.492 e. The summed E-state index contributed by atoms with van der Waals surface area (Å²) in [5, 5.41) is 3.35. The van der Waals surface area contributed by atoms with E-state index in [0.717, 1.165) is 35.5 Å². The van der Waals surface area contributed by atoms with Crippen molar-refractivity contribution >= 4 is 0 Å². The lowest BCUT2D eigenvalue weighted by Gasteiger charge is -2.10. The maximum absolute atomic E-state index is 14.3. The van der Waals surface area contributed by atoms with Gasteiger partial charge in [-0.25, -0.2) is 4.39 Å². The third-order valence-corrected chi connectivity index (χ3v) is 4.24. The fraction of sp³-hybridized carbons (Fsp3) is 0.333. The molecule has 2 aliphatic rings. The van der Waals surface area contributed by atoms with Crippen molar-refractivity contribution in [2.45, 2.75) is 31.8 Å². The van der Waals surface area contributed by atoms with Crippen molar-refractivity contribution in [3.63, 3.8) is 0 Å². The van der Waals surface area contributed by atoms with Crippen molar-refractivity contribution in [1.29, 1.82) is 0 Å². The van der Waals surface area contributed by atoms with Crippen LogP contribution in [0.3, 0.4) is 0 Å². The molecule has 1 fully saturated rings. The Kier molecular flexibility index (Phi) is 3.15. The molecule has 0 amide bonds. The van der Waals surface area contributed by atoms with Gasteiger partial charge in [-0.05, 0) is 30.0 Å². The molecule has 0 bridgehead atoms. The Balaban J connectivity index is 1.63. The van der Waals surface area contributed by atoms with Gasteiger partial charge < -0.3 is 10.1 Å². The second-order valence-electron chi connectivity index (χ2n) is 5.85. The highest BCUT2D eigenvalue weighted by Crippen LogP contribution is 2.37. The lowest BCUT2D eigenvalue weighted by molar-refractivity contribution is 0.358. The minimum absolute atomic E-state index is 0.142. The Morgan fingerprint density at radius 3 is 2.90 bits per heavy atom. The Hall–Kier alpha value is -1.87. The monoisotopic (exact) mass is 283 g/mol. The zero-order valence-corrected chi connectivity index (χ0v) is 11.9. The average Bonchev–Trinajstić information content (AvgIpc) is 3.20. The number of benzene rings is 2.